The standard InChI is InChI=1S/C52H44N2O2/c1-35(2)37-19-23-41(24-20-37)53(49-17-11-31-55-49)43-27-29-45-47(33-43)51(39-13-7-5-8-14-39)46-30-28-44(34-48(46)52(45)40-15-9-6-10-16-40)54(50-18-12-32-56-50)42-25-21-38(22-26-42)36(3)4/h5-36H,1-4H3. The number of anilines is 6. The van der Waals surface area contributed by atoms with Gasteiger partial charge in [0.05, 0.1) is 12.5 Å². The molecule has 0 saturated heterocycles. The van der Waals surface area contributed by atoms with Crippen LogP contribution < -0.4 is 9.80 Å². The summed E-state index contributed by atoms with van der Waals surface area (Å²) in [7, 11) is 0. The molecule has 7 aromatic carbocycles. The Morgan fingerprint density at radius 2 is 0.732 bits per heavy atom. The van der Waals surface area contributed by atoms with Crippen LogP contribution in [0.3, 0.4) is 0 Å². The molecular formula is C52H44N2O2. The van der Waals surface area contributed by atoms with Crippen molar-refractivity contribution in [3.63, 3.8) is 0 Å². The van der Waals surface area contributed by atoms with Gasteiger partial charge in [0.2, 0.25) is 11.8 Å². The minimum absolute atomic E-state index is 0.442. The molecule has 0 aliphatic carbocycles. The summed E-state index contributed by atoms with van der Waals surface area (Å²) in [6, 6.07) is 60.8. The summed E-state index contributed by atoms with van der Waals surface area (Å²) in [6.07, 6.45) is 3.48. The maximum Gasteiger partial charge on any atom is 0.204 e. The van der Waals surface area contributed by atoms with E-state index in [4.69, 9.17) is 8.83 Å². The Labute approximate surface area is 328 Å². The van der Waals surface area contributed by atoms with E-state index in [2.05, 4.69) is 183 Å². The molecule has 4 nitrogen and oxygen atoms in total. The van der Waals surface area contributed by atoms with Gasteiger partial charge in [0.1, 0.15) is 0 Å². The average Bonchev–Trinajstić information content (AvgIpc) is 3.97. The largest absolute Gasteiger partial charge is 0.448 e. The number of hydrogen-bond donors (Lipinski definition) is 0. The fourth-order valence-corrected chi connectivity index (χ4v) is 7.93. The molecular weight excluding hydrogens is 685 g/mol. The quantitative estimate of drug-likeness (QED) is 0.131. The van der Waals surface area contributed by atoms with Crippen molar-refractivity contribution in [2.75, 3.05) is 9.80 Å². The topological polar surface area (TPSA) is 32.8 Å². The van der Waals surface area contributed by atoms with E-state index < -0.39 is 0 Å². The van der Waals surface area contributed by atoms with Gasteiger partial charge in [0.15, 0.2) is 0 Å². The average molecular weight is 729 g/mol. The monoisotopic (exact) mass is 728 g/mol. The van der Waals surface area contributed by atoms with Crippen LogP contribution >= 0.6 is 0 Å². The summed E-state index contributed by atoms with van der Waals surface area (Å²) in [6.45, 7) is 8.90. The highest BCUT2D eigenvalue weighted by Crippen LogP contribution is 2.48. The molecule has 4 heteroatoms. The lowest BCUT2D eigenvalue weighted by Crippen LogP contribution is -2.10. The van der Waals surface area contributed by atoms with Crippen LogP contribution in [-0.4, -0.2) is 0 Å². The number of hydrogen-bond acceptors (Lipinski definition) is 4. The summed E-state index contributed by atoms with van der Waals surface area (Å²) in [5, 5.41) is 4.67. The highest BCUT2D eigenvalue weighted by atomic mass is 16.3. The highest BCUT2D eigenvalue weighted by molar-refractivity contribution is 6.22. The van der Waals surface area contributed by atoms with Gasteiger partial charge in [0.25, 0.3) is 0 Å². The second-order valence-electron chi connectivity index (χ2n) is 15.0. The van der Waals surface area contributed by atoms with Gasteiger partial charge in [-0.1, -0.05) is 125 Å². The third-order valence-corrected chi connectivity index (χ3v) is 10.8. The molecule has 274 valence electrons. The zero-order chi connectivity index (χ0) is 38.2. The summed E-state index contributed by atoms with van der Waals surface area (Å²) in [5.41, 5.74) is 11.4. The molecule has 0 bridgehead atoms. The SMILES string of the molecule is CC(C)c1ccc(N(c2ccc3c(-c4ccccc4)c4cc(N(c5ccc(C(C)C)cc5)c5ccco5)ccc4c(-c4ccccc4)c3c2)c2ccco2)cc1. The van der Waals surface area contributed by atoms with Crippen molar-refractivity contribution in [2.45, 2.75) is 39.5 Å². The molecule has 9 rings (SSSR count). The van der Waals surface area contributed by atoms with Crippen molar-refractivity contribution in [3.8, 4) is 22.3 Å². The van der Waals surface area contributed by atoms with E-state index in [1.807, 2.05) is 24.3 Å². The van der Waals surface area contributed by atoms with Crippen LogP contribution in [0.5, 0.6) is 0 Å². The summed E-state index contributed by atoms with van der Waals surface area (Å²) in [5.74, 6) is 2.40. The van der Waals surface area contributed by atoms with E-state index in [0.717, 1.165) is 56.4 Å². The fourth-order valence-electron chi connectivity index (χ4n) is 7.93. The van der Waals surface area contributed by atoms with Gasteiger partial charge < -0.3 is 8.83 Å². The van der Waals surface area contributed by atoms with E-state index in [0.29, 0.717) is 11.8 Å². The number of nitrogens with zero attached hydrogens (tertiary/aromatic N) is 2. The smallest absolute Gasteiger partial charge is 0.204 e. The van der Waals surface area contributed by atoms with Gasteiger partial charge >= 0.3 is 0 Å². The molecule has 9 aromatic rings. The molecule has 0 aliphatic heterocycles. The molecule has 0 unspecified atom stereocenters. The van der Waals surface area contributed by atoms with Crippen molar-refractivity contribution in [2.24, 2.45) is 0 Å². The molecule has 0 atom stereocenters. The van der Waals surface area contributed by atoms with Gasteiger partial charge in [0, 0.05) is 34.9 Å². The maximum absolute atomic E-state index is 6.11. The molecule has 0 saturated carbocycles. The minimum Gasteiger partial charge on any atom is -0.448 e. The summed E-state index contributed by atoms with van der Waals surface area (Å²) >= 11 is 0. The molecule has 0 N–H and O–H groups in total. The van der Waals surface area contributed by atoms with E-state index in [1.165, 1.54) is 33.0 Å². The Kier molecular flexibility index (Phi) is 9.24. The maximum atomic E-state index is 6.11. The van der Waals surface area contributed by atoms with Gasteiger partial charge in [-0.15, -0.1) is 0 Å². The Hall–Kier alpha value is -6.78. The first-order valence-electron chi connectivity index (χ1n) is 19.5. The third kappa shape index (κ3) is 6.43. The molecule has 0 spiro atoms. The molecule has 0 aliphatic rings. The van der Waals surface area contributed by atoms with E-state index in [-0.39, 0.29) is 0 Å². The number of fused-ring (bicyclic) bond motifs is 2. The van der Waals surface area contributed by atoms with Crippen LogP contribution in [0.2, 0.25) is 0 Å². The van der Waals surface area contributed by atoms with Crippen LogP contribution in [-0.2, 0) is 0 Å². The number of furan rings is 2. The van der Waals surface area contributed by atoms with E-state index >= 15 is 0 Å². The predicted octanol–water partition coefficient (Wildman–Crippen LogP) is 15.7. The molecule has 0 amide bonds. The number of rotatable bonds is 10. The lowest BCUT2D eigenvalue weighted by Gasteiger charge is -2.26. The molecule has 2 heterocycles. The van der Waals surface area contributed by atoms with Crippen LogP contribution in [0, 0.1) is 0 Å². The van der Waals surface area contributed by atoms with Crippen LogP contribution in [0.25, 0.3) is 43.8 Å². The first-order valence-corrected chi connectivity index (χ1v) is 19.5. The van der Waals surface area contributed by atoms with Crippen molar-refractivity contribution in [3.05, 3.63) is 194 Å². The summed E-state index contributed by atoms with van der Waals surface area (Å²) in [4.78, 5) is 4.42. The number of benzene rings is 7. The van der Waals surface area contributed by atoms with Gasteiger partial charge in [-0.05, 0) is 127 Å². The molecule has 56 heavy (non-hydrogen) atoms. The fraction of sp³-hybridized carbons (Fsp3) is 0.115. The second kappa shape index (κ2) is 14.8. The third-order valence-electron chi connectivity index (χ3n) is 10.8. The van der Waals surface area contributed by atoms with Crippen molar-refractivity contribution in [1.82, 2.24) is 0 Å². The van der Waals surface area contributed by atoms with Gasteiger partial charge in [-0.2, -0.15) is 0 Å². The van der Waals surface area contributed by atoms with Gasteiger partial charge in [-0.25, -0.2) is 0 Å². The van der Waals surface area contributed by atoms with Crippen LogP contribution in [0.1, 0.15) is 50.7 Å². The normalized spacial score (nSPS) is 11.5. The zero-order valence-electron chi connectivity index (χ0n) is 32.2. The van der Waals surface area contributed by atoms with Crippen molar-refractivity contribution >= 4 is 56.1 Å². The highest BCUT2D eigenvalue weighted by Gasteiger charge is 2.23. The van der Waals surface area contributed by atoms with Crippen LogP contribution in [0.15, 0.2) is 191 Å². The van der Waals surface area contributed by atoms with E-state index in [9.17, 15) is 0 Å². The minimum atomic E-state index is 0.442. The van der Waals surface area contributed by atoms with E-state index in [1.54, 1.807) is 12.5 Å². The Morgan fingerprint density at radius 3 is 1.07 bits per heavy atom. The second-order valence-corrected chi connectivity index (χ2v) is 15.0. The molecule has 2 aromatic heterocycles. The Bertz CT molecular complexity index is 2520. The lowest BCUT2D eigenvalue weighted by molar-refractivity contribution is 0.573. The van der Waals surface area contributed by atoms with Crippen molar-refractivity contribution < 1.29 is 8.83 Å². The Morgan fingerprint density at radius 1 is 0.357 bits per heavy atom. The summed E-state index contributed by atoms with van der Waals surface area (Å²) < 4.78 is 12.2. The molecule has 0 radical (unpaired) electrons. The Balaban J connectivity index is 1.33. The first-order chi connectivity index (χ1) is 27.4. The molecule has 0 fully saturated rings. The van der Waals surface area contributed by atoms with Gasteiger partial charge in [-0.3, -0.25) is 9.80 Å². The lowest BCUT2D eigenvalue weighted by atomic mass is 9.85. The van der Waals surface area contributed by atoms with Crippen LogP contribution in [0.4, 0.5) is 34.5 Å². The van der Waals surface area contributed by atoms with Crippen molar-refractivity contribution in [1.29, 1.82) is 0 Å². The zero-order valence-corrected chi connectivity index (χ0v) is 32.2. The predicted molar refractivity (Wildman–Crippen MR) is 234 cm³/mol. The first kappa shape index (κ1) is 35.0.